The molecule has 1 rings (SSSR count). The molecule has 0 N–H and O–H groups in total. The molecule has 0 saturated carbocycles. The van der Waals surface area contributed by atoms with Crippen LogP contribution in [0.25, 0.3) is 0 Å². The molecule has 0 amide bonds. The second-order valence-electron chi connectivity index (χ2n) is 4.71. The van der Waals surface area contributed by atoms with Crippen LogP contribution in [0.2, 0.25) is 18.1 Å². The van der Waals surface area contributed by atoms with Gasteiger partial charge in [-0.1, -0.05) is 33.9 Å². The van der Waals surface area contributed by atoms with Crippen molar-refractivity contribution in [2.24, 2.45) is 0 Å². The predicted molar refractivity (Wildman–Crippen MR) is 53.3 cm³/mol. The smallest absolute Gasteiger partial charge is 0.166 e. The fraction of sp³-hybridized carbons (Fsp3) is 0.667. The van der Waals surface area contributed by atoms with Gasteiger partial charge in [-0.25, -0.2) is 4.98 Å². The minimum absolute atomic E-state index is 0.303. The predicted octanol–water partition coefficient (Wildman–Crippen LogP) is 2.39. The molecule has 0 aromatic carbocycles. The maximum atomic E-state index is 5.38. The lowest BCUT2D eigenvalue weighted by molar-refractivity contribution is 0.581. The highest BCUT2D eigenvalue weighted by Crippen LogP contribution is 2.34. The summed E-state index contributed by atoms with van der Waals surface area (Å²) in [6, 6.07) is 0. The van der Waals surface area contributed by atoms with Crippen molar-refractivity contribution in [3.63, 3.8) is 0 Å². The van der Waals surface area contributed by atoms with Crippen molar-refractivity contribution in [1.29, 1.82) is 0 Å². The van der Waals surface area contributed by atoms with E-state index in [1.807, 2.05) is 0 Å². The summed E-state index contributed by atoms with van der Waals surface area (Å²) in [7, 11) is -1.51. The van der Waals surface area contributed by atoms with E-state index in [1.165, 1.54) is 0 Å². The summed E-state index contributed by atoms with van der Waals surface area (Å²) in [6.45, 7) is 11.3. The Bertz CT molecular complexity index is 246. The Balaban J connectivity index is 3.02. The lowest BCUT2D eigenvalue weighted by Gasteiger charge is -2.33. The zero-order valence-corrected chi connectivity index (χ0v) is 9.51. The molecule has 1 heterocycles. The van der Waals surface area contributed by atoms with Gasteiger partial charge in [-0.15, -0.1) is 0 Å². The van der Waals surface area contributed by atoms with Crippen LogP contribution in [0, 0.1) is 0 Å². The summed E-state index contributed by atoms with van der Waals surface area (Å²) in [4.78, 5) is 4.25. The molecule has 12 heavy (non-hydrogen) atoms. The van der Waals surface area contributed by atoms with Gasteiger partial charge in [0.05, 0.1) is 6.20 Å². The standard InChI is InChI=1S/C9H17NOSi/c1-9(2,3)12(4,5)8-10-6-7-11-8/h6-7H,1-5H3. The summed E-state index contributed by atoms with van der Waals surface area (Å²) in [5.74, 6) is 0. The van der Waals surface area contributed by atoms with Crippen molar-refractivity contribution in [2.75, 3.05) is 0 Å². The SMILES string of the molecule is CC(C)(C)[Si](C)(C)c1ncco1. The van der Waals surface area contributed by atoms with E-state index in [9.17, 15) is 0 Å². The molecule has 0 spiro atoms. The number of nitrogens with zero attached hydrogens (tertiary/aromatic N) is 1. The van der Waals surface area contributed by atoms with E-state index in [-0.39, 0.29) is 0 Å². The summed E-state index contributed by atoms with van der Waals surface area (Å²) in [6.07, 6.45) is 3.39. The molecule has 0 aliphatic carbocycles. The minimum Gasteiger partial charge on any atom is -0.454 e. The Labute approximate surface area is 75.0 Å². The molecular weight excluding hydrogens is 166 g/mol. The Morgan fingerprint density at radius 2 is 1.92 bits per heavy atom. The van der Waals surface area contributed by atoms with Crippen LogP contribution >= 0.6 is 0 Å². The van der Waals surface area contributed by atoms with Crippen LogP contribution in [-0.2, 0) is 0 Å². The maximum Gasteiger partial charge on any atom is 0.166 e. The molecule has 0 saturated heterocycles. The van der Waals surface area contributed by atoms with Crippen molar-refractivity contribution in [2.45, 2.75) is 38.9 Å². The van der Waals surface area contributed by atoms with E-state index < -0.39 is 8.07 Å². The van der Waals surface area contributed by atoms with Gasteiger partial charge in [0, 0.05) is 0 Å². The summed E-state index contributed by atoms with van der Waals surface area (Å²) in [5, 5.41) is 0.303. The van der Waals surface area contributed by atoms with Crippen molar-refractivity contribution in [3.05, 3.63) is 12.5 Å². The Kier molecular flexibility index (Phi) is 2.16. The van der Waals surface area contributed by atoms with Crippen LogP contribution in [0.3, 0.4) is 0 Å². The zero-order chi connectivity index (χ0) is 9.41. The molecular formula is C9H17NOSi. The van der Waals surface area contributed by atoms with E-state index in [1.54, 1.807) is 12.5 Å². The number of hydrogen-bond acceptors (Lipinski definition) is 2. The highest BCUT2D eigenvalue weighted by atomic mass is 28.3. The summed E-state index contributed by atoms with van der Waals surface area (Å²) < 4.78 is 5.38. The van der Waals surface area contributed by atoms with Crippen LogP contribution in [0.4, 0.5) is 0 Å². The first-order valence-electron chi connectivity index (χ1n) is 4.25. The first-order valence-corrected chi connectivity index (χ1v) is 7.25. The first kappa shape index (κ1) is 9.51. The van der Waals surface area contributed by atoms with E-state index in [0.29, 0.717) is 5.04 Å². The number of aromatic nitrogens is 1. The topological polar surface area (TPSA) is 26.0 Å². The summed E-state index contributed by atoms with van der Waals surface area (Å²) in [5.41, 5.74) is 0.954. The summed E-state index contributed by atoms with van der Waals surface area (Å²) >= 11 is 0. The van der Waals surface area contributed by atoms with E-state index in [2.05, 4.69) is 38.8 Å². The van der Waals surface area contributed by atoms with E-state index in [0.717, 1.165) is 5.51 Å². The van der Waals surface area contributed by atoms with Gasteiger partial charge >= 0.3 is 0 Å². The zero-order valence-electron chi connectivity index (χ0n) is 8.51. The molecule has 0 aliphatic heterocycles. The maximum absolute atomic E-state index is 5.38. The van der Waals surface area contributed by atoms with Gasteiger partial charge in [-0.05, 0) is 5.04 Å². The third-order valence-corrected chi connectivity index (χ3v) is 7.91. The molecule has 0 radical (unpaired) electrons. The second kappa shape index (κ2) is 2.73. The van der Waals surface area contributed by atoms with Gasteiger partial charge in [0.15, 0.2) is 13.6 Å². The molecule has 68 valence electrons. The van der Waals surface area contributed by atoms with Crippen LogP contribution in [0.15, 0.2) is 16.9 Å². The molecule has 0 fully saturated rings. The Morgan fingerprint density at radius 3 is 2.25 bits per heavy atom. The van der Waals surface area contributed by atoms with Crippen molar-refractivity contribution in [1.82, 2.24) is 4.98 Å². The Morgan fingerprint density at radius 1 is 1.33 bits per heavy atom. The molecule has 0 unspecified atom stereocenters. The molecule has 1 aromatic heterocycles. The molecule has 0 atom stereocenters. The van der Waals surface area contributed by atoms with Crippen LogP contribution in [-0.4, -0.2) is 13.1 Å². The lowest BCUT2D eigenvalue weighted by Crippen LogP contribution is -2.50. The van der Waals surface area contributed by atoms with Crippen molar-refractivity contribution >= 4 is 13.6 Å². The van der Waals surface area contributed by atoms with Gasteiger partial charge in [-0.3, -0.25) is 0 Å². The normalized spacial score (nSPS) is 13.4. The van der Waals surface area contributed by atoms with Crippen LogP contribution < -0.4 is 5.51 Å². The van der Waals surface area contributed by atoms with Crippen LogP contribution in [0.5, 0.6) is 0 Å². The van der Waals surface area contributed by atoms with Gasteiger partial charge in [-0.2, -0.15) is 0 Å². The number of rotatable bonds is 1. The molecule has 1 aromatic rings. The second-order valence-corrected chi connectivity index (χ2v) is 9.89. The number of oxazole rings is 1. The largest absolute Gasteiger partial charge is 0.454 e. The molecule has 3 heteroatoms. The minimum atomic E-state index is -1.51. The fourth-order valence-electron chi connectivity index (χ4n) is 0.853. The van der Waals surface area contributed by atoms with Crippen molar-refractivity contribution < 1.29 is 4.42 Å². The van der Waals surface area contributed by atoms with E-state index >= 15 is 0 Å². The monoisotopic (exact) mass is 183 g/mol. The molecule has 2 nitrogen and oxygen atoms in total. The highest BCUT2D eigenvalue weighted by Gasteiger charge is 2.40. The van der Waals surface area contributed by atoms with Crippen LogP contribution in [0.1, 0.15) is 20.8 Å². The van der Waals surface area contributed by atoms with Gasteiger partial charge < -0.3 is 4.42 Å². The average molecular weight is 183 g/mol. The van der Waals surface area contributed by atoms with Gasteiger partial charge in [0.2, 0.25) is 0 Å². The van der Waals surface area contributed by atoms with Gasteiger partial charge in [0.25, 0.3) is 0 Å². The molecule has 0 bridgehead atoms. The van der Waals surface area contributed by atoms with Crippen molar-refractivity contribution in [3.8, 4) is 0 Å². The van der Waals surface area contributed by atoms with E-state index in [4.69, 9.17) is 4.42 Å². The van der Waals surface area contributed by atoms with Gasteiger partial charge in [0.1, 0.15) is 6.26 Å². The Hall–Kier alpha value is -0.573. The third kappa shape index (κ3) is 1.46. The first-order chi connectivity index (χ1) is 5.36. The highest BCUT2D eigenvalue weighted by molar-refractivity contribution is 6.90. The number of hydrogen-bond donors (Lipinski definition) is 0. The lowest BCUT2D eigenvalue weighted by atomic mass is 10.2. The molecule has 0 aliphatic rings. The quantitative estimate of drug-likeness (QED) is 0.625. The fourth-order valence-corrected chi connectivity index (χ4v) is 2.25. The average Bonchev–Trinajstić information content (AvgIpc) is 2.34. The third-order valence-electron chi connectivity index (χ3n) is 2.84.